The van der Waals surface area contributed by atoms with Gasteiger partial charge in [-0.15, -0.1) is 0 Å². The summed E-state index contributed by atoms with van der Waals surface area (Å²) in [4.78, 5) is 28.9. The largest absolute Gasteiger partial charge is 0.367 e. The van der Waals surface area contributed by atoms with E-state index in [1.807, 2.05) is 37.8 Å². The molecule has 0 saturated carbocycles. The van der Waals surface area contributed by atoms with Crippen molar-refractivity contribution in [3.05, 3.63) is 58.1 Å². The first-order valence-electron chi connectivity index (χ1n) is 9.56. The van der Waals surface area contributed by atoms with Crippen molar-refractivity contribution in [3.63, 3.8) is 0 Å². The molecule has 1 aliphatic rings. The Kier molecular flexibility index (Phi) is 6.39. The zero-order valence-electron chi connectivity index (χ0n) is 16.8. The third-order valence-electron chi connectivity index (χ3n) is 4.84. The SMILES string of the molecule is CC(C)(C)C(=O)N1CCN(c2ccc(NC(=O)c3cccc(Cl)c3)cc2Cl)CC1. The normalized spacial score (nSPS) is 14.7. The third kappa shape index (κ3) is 5.22. The molecule has 1 N–H and O–H groups in total. The van der Waals surface area contributed by atoms with E-state index in [9.17, 15) is 9.59 Å². The first-order chi connectivity index (χ1) is 13.6. The van der Waals surface area contributed by atoms with Gasteiger partial charge in [0.05, 0.1) is 10.7 Å². The highest BCUT2D eigenvalue weighted by molar-refractivity contribution is 6.33. The minimum atomic E-state index is -0.372. The van der Waals surface area contributed by atoms with Crippen LogP contribution >= 0.6 is 23.2 Å². The lowest BCUT2D eigenvalue weighted by atomic mass is 9.94. The predicted molar refractivity (Wildman–Crippen MR) is 119 cm³/mol. The van der Waals surface area contributed by atoms with E-state index in [-0.39, 0.29) is 17.2 Å². The van der Waals surface area contributed by atoms with Gasteiger partial charge in [-0.3, -0.25) is 9.59 Å². The van der Waals surface area contributed by atoms with E-state index < -0.39 is 0 Å². The highest BCUT2D eigenvalue weighted by Crippen LogP contribution is 2.30. The second-order valence-corrected chi connectivity index (χ2v) is 9.00. The molecule has 2 amide bonds. The van der Waals surface area contributed by atoms with Crippen LogP contribution in [-0.2, 0) is 4.79 Å². The number of nitrogens with one attached hydrogen (secondary N) is 1. The van der Waals surface area contributed by atoms with Gasteiger partial charge in [0, 0.05) is 47.9 Å². The maximum atomic E-state index is 12.4. The number of halogens is 2. The fourth-order valence-electron chi connectivity index (χ4n) is 3.30. The lowest BCUT2D eigenvalue weighted by molar-refractivity contribution is -0.139. The lowest BCUT2D eigenvalue weighted by Gasteiger charge is -2.39. The summed E-state index contributed by atoms with van der Waals surface area (Å²) in [6, 6.07) is 12.2. The molecule has 1 aliphatic heterocycles. The smallest absolute Gasteiger partial charge is 0.255 e. The average molecular weight is 434 g/mol. The zero-order chi connectivity index (χ0) is 21.2. The summed E-state index contributed by atoms with van der Waals surface area (Å²) >= 11 is 12.4. The van der Waals surface area contributed by atoms with Gasteiger partial charge in [-0.25, -0.2) is 0 Å². The molecule has 3 rings (SSSR count). The molecule has 0 aliphatic carbocycles. The second kappa shape index (κ2) is 8.64. The number of rotatable bonds is 3. The molecule has 154 valence electrons. The highest BCUT2D eigenvalue weighted by atomic mass is 35.5. The second-order valence-electron chi connectivity index (χ2n) is 8.16. The van der Waals surface area contributed by atoms with Crippen LogP contribution in [0.3, 0.4) is 0 Å². The summed E-state index contributed by atoms with van der Waals surface area (Å²) in [5, 5.41) is 3.91. The summed E-state index contributed by atoms with van der Waals surface area (Å²) < 4.78 is 0. The Labute approximate surface area is 181 Å². The van der Waals surface area contributed by atoms with Gasteiger partial charge in [-0.1, -0.05) is 50.0 Å². The van der Waals surface area contributed by atoms with Crippen molar-refractivity contribution in [2.45, 2.75) is 20.8 Å². The first-order valence-corrected chi connectivity index (χ1v) is 10.3. The van der Waals surface area contributed by atoms with E-state index in [1.54, 1.807) is 30.3 Å². The van der Waals surface area contributed by atoms with Crippen LogP contribution in [0.5, 0.6) is 0 Å². The van der Waals surface area contributed by atoms with Crippen molar-refractivity contribution < 1.29 is 9.59 Å². The molecule has 29 heavy (non-hydrogen) atoms. The Morgan fingerprint density at radius 1 is 0.966 bits per heavy atom. The molecule has 2 aromatic carbocycles. The van der Waals surface area contributed by atoms with Gasteiger partial charge in [-0.2, -0.15) is 0 Å². The molecule has 0 aromatic heterocycles. The molecule has 1 heterocycles. The average Bonchev–Trinajstić information content (AvgIpc) is 2.67. The van der Waals surface area contributed by atoms with Crippen LogP contribution in [0.2, 0.25) is 10.0 Å². The van der Waals surface area contributed by atoms with Gasteiger partial charge < -0.3 is 15.1 Å². The molecular formula is C22H25Cl2N3O2. The number of carbonyl (C=O) groups is 2. The van der Waals surface area contributed by atoms with E-state index in [4.69, 9.17) is 23.2 Å². The van der Waals surface area contributed by atoms with Crippen LogP contribution in [-0.4, -0.2) is 42.9 Å². The summed E-state index contributed by atoms with van der Waals surface area (Å²) in [6.45, 7) is 8.59. The Morgan fingerprint density at radius 3 is 2.24 bits per heavy atom. The fraction of sp³-hybridized carbons (Fsp3) is 0.364. The molecular weight excluding hydrogens is 409 g/mol. The number of nitrogens with zero attached hydrogens (tertiary/aromatic N) is 2. The van der Waals surface area contributed by atoms with E-state index in [2.05, 4.69) is 10.2 Å². The van der Waals surface area contributed by atoms with Gasteiger partial charge in [0.25, 0.3) is 5.91 Å². The third-order valence-corrected chi connectivity index (χ3v) is 5.38. The minimum absolute atomic E-state index is 0.169. The first kappa shape index (κ1) is 21.5. The molecule has 2 aromatic rings. The van der Waals surface area contributed by atoms with Crippen molar-refractivity contribution >= 4 is 46.4 Å². The molecule has 0 radical (unpaired) electrons. The Balaban J connectivity index is 1.64. The van der Waals surface area contributed by atoms with Gasteiger partial charge in [-0.05, 0) is 36.4 Å². The molecule has 0 bridgehead atoms. The van der Waals surface area contributed by atoms with Gasteiger partial charge >= 0.3 is 0 Å². The summed E-state index contributed by atoms with van der Waals surface area (Å²) in [5.41, 5.74) is 1.63. The van der Waals surface area contributed by atoms with E-state index in [1.165, 1.54) is 0 Å². The molecule has 5 nitrogen and oxygen atoms in total. The van der Waals surface area contributed by atoms with Crippen molar-refractivity contribution in [3.8, 4) is 0 Å². The predicted octanol–water partition coefficient (Wildman–Crippen LogP) is 4.94. The number of hydrogen-bond donors (Lipinski definition) is 1. The molecule has 0 spiro atoms. The maximum Gasteiger partial charge on any atom is 0.255 e. The van der Waals surface area contributed by atoms with Crippen molar-refractivity contribution in [1.29, 1.82) is 0 Å². The van der Waals surface area contributed by atoms with Crippen molar-refractivity contribution in [1.82, 2.24) is 4.90 Å². The standard InChI is InChI=1S/C22H25Cl2N3O2/c1-22(2,3)21(29)27-11-9-26(10-12-27)19-8-7-17(14-18(19)24)25-20(28)15-5-4-6-16(23)13-15/h4-8,13-14H,9-12H2,1-3H3,(H,25,28). The molecule has 7 heteroatoms. The number of amides is 2. The fourth-order valence-corrected chi connectivity index (χ4v) is 3.79. The van der Waals surface area contributed by atoms with Crippen LogP contribution in [0.4, 0.5) is 11.4 Å². The van der Waals surface area contributed by atoms with Crippen LogP contribution in [0, 0.1) is 5.41 Å². The van der Waals surface area contributed by atoms with Crippen LogP contribution in [0.25, 0.3) is 0 Å². The quantitative estimate of drug-likeness (QED) is 0.745. The molecule has 1 saturated heterocycles. The lowest BCUT2D eigenvalue weighted by Crippen LogP contribution is -2.51. The highest BCUT2D eigenvalue weighted by Gasteiger charge is 2.30. The van der Waals surface area contributed by atoms with E-state index in [0.29, 0.717) is 34.4 Å². The van der Waals surface area contributed by atoms with Crippen LogP contribution in [0.1, 0.15) is 31.1 Å². The molecule has 1 fully saturated rings. The summed E-state index contributed by atoms with van der Waals surface area (Å²) in [6.07, 6.45) is 0. The van der Waals surface area contributed by atoms with Gasteiger partial charge in [0.15, 0.2) is 0 Å². The molecule has 0 atom stereocenters. The number of piperazine rings is 1. The summed E-state index contributed by atoms with van der Waals surface area (Å²) in [5.74, 6) is -0.0760. The Hall–Kier alpha value is -2.24. The van der Waals surface area contributed by atoms with Gasteiger partial charge in [0.2, 0.25) is 5.91 Å². The van der Waals surface area contributed by atoms with Crippen LogP contribution in [0.15, 0.2) is 42.5 Å². The van der Waals surface area contributed by atoms with Gasteiger partial charge in [0.1, 0.15) is 0 Å². The Morgan fingerprint density at radius 2 is 1.66 bits per heavy atom. The number of carbonyl (C=O) groups excluding carboxylic acids is 2. The van der Waals surface area contributed by atoms with E-state index >= 15 is 0 Å². The van der Waals surface area contributed by atoms with Crippen molar-refractivity contribution in [2.24, 2.45) is 5.41 Å². The minimum Gasteiger partial charge on any atom is -0.367 e. The zero-order valence-corrected chi connectivity index (χ0v) is 18.3. The van der Waals surface area contributed by atoms with Crippen molar-refractivity contribution in [2.75, 3.05) is 36.4 Å². The Bertz CT molecular complexity index is 917. The number of hydrogen-bond acceptors (Lipinski definition) is 3. The van der Waals surface area contributed by atoms with Crippen LogP contribution < -0.4 is 10.2 Å². The topological polar surface area (TPSA) is 52.7 Å². The molecule has 0 unspecified atom stereocenters. The summed E-state index contributed by atoms with van der Waals surface area (Å²) in [7, 11) is 0. The maximum absolute atomic E-state index is 12.4. The number of benzene rings is 2. The monoisotopic (exact) mass is 433 g/mol. The number of anilines is 2. The van der Waals surface area contributed by atoms with E-state index in [0.717, 1.165) is 18.8 Å².